The molecule has 0 bridgehead atoms. The van der Waals surface area contributed by atoms with E-state index in [1.54, 1.807) is 18.2 Å². The number of anilines is 2. The summed E-state index contributed by atoms with van der Waals surface area (Å²) in [5, 5.41) is 5.28. The number of rotatable bonds is 4. The van der Waals surface area contributed by atoms with Crippen molar-refractivity contribution in [3.63, 3.8) is 0 Å². The highest BCUT2D eigenvalue weighted by Crippen LogP contribution is 2.21. The van der Waals surface area contributed by atoms with Crippen molar-refractivity contribution in [3.05, 3.63) is 53.8 Å². The van der Waals surface area contributed by atoms with Crippen molar-refractivity contribution in [2.75, 3.05) is 17.7 Å². The third-order valence-corrected chi connectivity index (χ3v) is 2.83. The maximum absolute atomic E-state index is 13.3. The van der Waals surface area contributed by atoms with Crippen molar-refractivity contribution < 1.29 is 13.9 Å². The number of hydrogen-bond acceptors (Lipinski definition) is 3. The van der Waals surface area contributed by atoms with Crippen molar-refractivity contribution in [2.45, 2.75) is 6.54 Å². The summed E-state index contributed by atoms with van der Waals surface area (Å²) in [5.41, 5.74) is 7.52. The molecule has 0 heterocycles. The van der Waals surface area contributed by atoms with Crippen LogP contribution in [0.2, 0.25) is 0 Å². The predicted octanol–water partition coefficient (Wildman–Crippen LogP) is 2.94. The molecule has 6 heteroatoms. The first kappa shape index (κ1) is 14.8. The summed E-state index contributed by atoms with van der Waals surface area (Å²) in [5.74, 6) is -0.419. The molecule has 0 aliphatic carbocycles. The molecule has 2 aromatic carbocycles. The molecule has 21 heavy (non-hydrogen) atoms. The van der Waals surface area contributed by atoms with Crippen LogP contribution < -0.4 is 21.1 Å². The molecule has 0 fully saturated rings. The smallest absolute Gasteiger partial charge is 0.323 e. The number of benzene rings is 2. The van der Waals surface area contributed by atoms with E-state index in [0.29, 0.717) is 17.9 Å². The summed E-state index contributed by atoms with van der Waals surface area (Å²) in [6, 6.07) is 10.9. The second-order valence-corrected chi connectivity index (χ2v) is 4.33. The van der Waals surface area contributed by atoms with Gasteiger partial charge in [0.15, 0.2) is 11.6 Å². The van der Waals surface area contributed by atoms with Crippen LogP contribution in [0.25, 0.3) is 0 Å². The number of carbonyl (C=O) groups excluding carboxylic acids is 1. The van der Waals surface area contributed by atoms with Gasteiger partial charge in [-0.25, -0.2) is 9.18 Å². The molecule has 0 saturated heterocycles. The predicted molar refractivity (Wildman–Crippen MR) is 79.9 cm³/mol. The maximum Gasteiger partial charge on any atom is 0.323 e. The van der Waals surface area contributed by atoms with Gasteiger partial charge in [-0.1, -0.05) is 12.1 Å². The molecule has 0 aliphatic rings. The zero-order chi connectivity index (χ0) is 15.2. The Morgan fingerprint density at radius 2 is 1.90 bits per heavy atom. The van der Waals surface area contributed by atoms with Gasteiger partial charge in [-0.2, -0.15) is 0 Å². The Balaban J connectivity index is 2.04. The monoisotopic (exact) mass is 289 g/mol. The van der Waals surface area contributed by atoms with E-state index in [0.717, 1.165) is 5.56 Å². The summed E-state index contributed by atoms with van der Waals surface area (Å²) >= 11 is 0. The first-order valence-corrected chi connectivity index (χ1v) is 6.33. The molecule has 4 N–H and O–H groups in total. The van der Waals surface area contributed by atoms with Crippen LogP contribution in [0.1, 0.15) is 5.56 Å². The number of carbonyl (C=O) groups is 1. The molecule has 0 aromatic heterocycles. The van der Waals surface area contributed by atoms with E-state index in [1.807, 2.05) is 6.07 Å². The standard InChI is InChI=1S/C15H16FN3O2/c1-21-14-8-12(5-6-13(14)16)19-15(20)18-11-4-2-3-10(7-11)9-17/h2-8H,9,17H2,1H3,(H2,18,19,20). The Morgan fingerprint density at radius 3 is 2.57 bits per heavy atom. The van der Waals surface area contributed by atoms with Crippen LogP contribution in [0.4, 0.5) is 20.6 Å². The lowest BCUT2D eigenvalue weighted by Crippen LogP contribution is -2.19. The van der Waals surface area contributed by atoms with Crippen molar-refractivity contribution in [3.8, 4) is 5.75 Å². The first-order valence-electron chi connectivity index (χ1n) is 6.33. The molecule has 2 rings (SSSR count). The van der Waals surface area contributed by atoms with Crippen LogP contribution in [0.15, 0.2) is 42.5 Å². The number of urea groups is 1. The fourth-order valence-corrected chi connectivity index (χ4v) is 1.81. The van der Waals surface area contributed by atoms with E-state index in [-0.39, 0.29) is 5.75 Å². The van der Waals surface area contributed by atoms with Crippen LogP contribution in [0, 0.1) is 5.82 Å². The highest BCUT2D eigenvalue weighted by Gasteiger charge is 2.07. The Hall–Kier alpha value is -2.60. The Bertz CT molecular complexity index is 647. The fourth-order valence-electron chi connectivity index (χ4n) is 1.81. The molecule has 0 unspecified atom stereocenters. The Labute approximate surface area is 121 Å². The zero-order valence-electron chi connectivity index (χ0n) is 11.5. The summed E-state index contributed by atoms with van der Waals surface area (Å²) in [7, 11) is 1.36. The molecule has 110 valence electrons. The quantitative estimate of drug-likeness (QED) is 0.810. The van der Waals surface area contributed by atoms with Crippen LogP contribution in [-0.4, -0.2) is 13.1 Å². The molecule has 0 atom stereocenters. The number of nitrogens with two attached hydrogens (primary N) is 1. The van der Waals surface area contributed by atoms with Gasteiger partial charge in [0.25, 0.3) is 0 Å². The number of nitrogens with one attached hydrogen (secondary N) is 2. The van der Waals surface area contributed by atoms with Gasteiger partial charge >= 0.3 is 6.03 Å². The number of methoxy groups -OCH3 is 1. The molecule has 2 amide bonds. The van der Waals surface area contributed by atoms with Crippen LogP contribution >= 0.6 is 0 Å². The average molecular weight is 289 g/mol. The van der Waals surface area contributed by atoms with Gasteiger partial charge in [0.05, 0.1) is 7.11 Å². The molecular weight excluding hydrogens is 273 g/mol. The lowest BCUT2D eigenvalue weighted by atomic mass is 10.2. The Kier molecular flexibility index (Phi) is 4.73. The van der Waals surface area contributed by atoms with Crippen LogP contribution in [0.3, 0.4) is 0 Å². The fraction of sp³-hybridized carbons (Fsp3) is 0.133. The third kappa shape index (κ3) is 3.93. The lowest BCUT2D eigenvalue weighted by molar-refractivity contribution is 0.262. The van der Waals surface area contributed by atoms with E-state index in [1.165, 1.54) is 25.3 Å². The molecule has 0 aliphatic heterocycles. The topological polar surface area (TPSA) is 76.4 Å². The summed E-state index contributed by atoms with van der Waals surface area (Å²) < 4.78 is 18.1. The van der Waals surface area contributed by atoms with E-state index in [9.17, 15) is 9.18 Å². The molecule has 5 nitrogen and oxygen atoms in total. The van der Waals surface area contributed by atoms with Crippen molar-refractivity contribution in [1.29, 1.82) is 0 Å². The minimum absolute atomic E-state index is 0.0675. The van der Waals surface area contributed by atoms with Gasteiger partial charge in [0.1, 0.15) is 0 Å². The van der Waals surface area contributed by atoms with E-state index < -0.39 is 11.8 Å². The highest BCUT2D eigenvalue weighted by molar-refractivity contribution is 5.99. The van der Waals surface area contributed by atoms with Gasteiger partial charge in [-0.3, -0.25) is 0 Å². The summed E-state index contributed by atoms with van der Waals surface area (Å²) in [6.07, 6.45) is 0. The minimum atomic E-state index is -0.487. The molecule has 2 aromatic rings. The SMILES string of the molecule is COc1cc(NC(=O)Nc2cccc(CN)c2)ccc1F. The van der Waals surface area contributed by atoms with E-state index in [4.69, 9.17) is 10.5 Å². The normalized spacial score (nSPS) is 10.0. The van der Waals surface area contributed by atoms with Gasteiger partial charge in [-0.05, 0) is 29.8 Å². The summed E-state index contributed by atoms with van der Waals surface area (Å²) in [4.78, 5) is 11.9. The minimum Gasteiger partial charge on any atom is -0.494 e. The molecule has 0 saturated carbocycles. The van der Waals surface area contributed by atoms with Gasteiger partial charge < -0.3 is 21.1 Å². The van der Waals surface area contributed by atoms with Crippen molar-refractivity contribution >= 4 is 17.4 Å². The molecule has 0 radical (unpaired) electrons. The second kappa shape index (κ2) is 6.71. The number of amides is 2. The second-order valence-electron chi connectivity index (χ2n) is 4.33. The summed E-state index contributed by atoms with van der Waals surface area (Å²) in [6.45, 7) is 0.395. The van der Waals surface area contributed by atoms with Gasteiger partial charge in [-0.15, -0.1) is 0 Å². The number of ether oxygens (including phenoxy) is 1. The van der Waals surface area contributed by atoms with E-state index >= 15 is 0 Å². The largest absolute Gasteiger partial charge is 0.494 e. The first-order chi connectivity index (χ1) is 10.1. The average Bonchev–Trinajstić information content (AvgIpc) is 2.49. The number of hydrogen-bond donors (Lipinski definition) is 3. The van der Waals surface area contributed by atoms with Gasteiger partial charge in [0, 0.05) is 24.0 Å². The number of halogens is 1. The molecular formula is C15H16FN3O2. The van der Waals surface area contributed by atoms with Crippen LogP contribution in [0.5, 0.6) is 5.75 Å². The Morgan fingerprint density at radius 1 is 1.19 bits per heavy atom. The van der Waals surface area contributed by atoms with Crippen molar-refractivity contribution in [2.24, 2.45) is 5.73 Å². The molecule has 0 spiro atoms. The highest BCUT2D eigenvalue weighted by atomic mass is 19.1. The zero-order valence-corrected chi connectivity index (χ0v) is 11.5. The van der Waals surface area contributed by atoms with Gasteiger partial charge in [0.2, 0.25) is 0 Å². The van der Waals surface area contributed by atoms with Crippen LogP contribution in [-0.2, 0) is 6.54 Å². The van der Waals surface area contributed by atoms with Crippen molar-refractivity contribution in [1.82, 2.24) is 0 Å². The maximum atomic E-state index is 13.3. The third-order valence-electron chi connectivity index (χ3n) is 2.83. The lowest BCUT2D eigenvalue weighted by Gasteiger charge is -2.10. The van der Waals surface area contributed by atoms with E-state index in [2.05, 4.69) is 10.6 Å².